The number of Topliss-reactive ketones (excluding diaryl/α,β-unsaturated/α-hetero) is 1. The molecule has 3 heterocycles. The third-order valence-corrected chi connectivity index (χ3v) is 6.63. The third kappa shape index (κ3) is 5.28. The number of carbonyl (C=O) groups is 2. The van der Waals surface area contributed by atoms with Crippen LogP contribution in [0.2, 0.25) is 0 Å². The molecule has 4 N–H and O–H groups in total. The van der Waals surface area contributed by atoms with Crippen molar-refractivity contribution in [3.63, 3.8) is 0 Å². The number of nitrogens with one attached hydrogen (secondary N) is 2. The summed E-state index contributed by atoms with van der Waals surface area (Å²) in [6.45, 7) is 4.83. The molecule has 0 saturated carbocycles. The van der Waals surface area contributed by atoms with Crippen molar-refractivity contribution in [3.8, 4) is 0 Å². The molecule has 4 rings (SSSR count). The first-order valence-corrected chi connectivity index (χ1v) is 11.6. The second-order valence-electron chi connectivity index (χ2n) is 8.62. The molecule has 3 aromatic rings. The number of anilines is 1. The van der Waals surface area contributed by atoms with Crippen LogP contribution >= 0.6 is 11.7 Å². The van der Waals surface area contributed by atoms with Gasteiger partial charge in [0.1, 0.15) is 16.9 Å². The fraction of sp³-hybridized carbons (Fsp3) is 0.435. The summed E-state index contributed by atoms with van der Waals surface area (Å²) >= 11 is 1.22. The Labute approximate surface area is 191 Å². The molecular formula is C23H28N6O2S. The van der Waals surface area contributed by atoms with Crippen molar-refractivity contribution in [3.05, 3.63) is 47.2 Å². The summed E-state index contributed by atoms with van der Waals surface area (Å²) in [6, 6.07) is 9.56. The molecule has 0 spiro atoms. The number of aromatic nitrogens is 3. The number of pyridine rings is 1. The Morgan fingerprint density at radius 2 is 2.06 bits per heavy atom. The molecule has 1 amide bonds. The van der Waals surface area contributed by atoms with Crippen LogP contribution in [0.4, 0.5) is 5.82 Å². The van der Waals surface area contributed by atoms with Crippen LogP contribution in [0.15, 0.2) is 30.3 Å². The van der Waals surface area contributed by atoms with E-state index in [2.05, 4.69) is 36.5 Å². The minimum Gasteiger partial charge on any atom is -0.384 e. The number of carbonyl (C=O) groups excluding carboxylic acids is 2. The van der Waals surface area contributed by atoms with Gasteiger partial charge in [-0.25, -0.2) is 4.98 Å². The average Bonchev–Trinajstić information content (AvgIpc) is 3.42. The van der Waals surface area contributed by atoms with Crippen molar-refractivity contribution in [1.82, 2.24) is 24.4 Å². The number of ketones is 1. The number of nitrogens with zero attached hydrogens (tertiary/aromatic N) is 3. The number of benzene rings is 1. The van der Waals surface area contributed by atoms with E-state index < -0.39 is 0 Å². The molecule has 168 valence electrons. The highest BCUT2D eigenvalue weighted by atomic mass is 32.1. The van der Waals surface area contributed by atoms with Crippen molar-refractivity contribution in [2.45, 2.75) is 45.7 Å². The molecule has 1 aliphatic rings. The summed E-state index contributed by atoms with van der Waals surface area (Å²) in [5.41, 5.74) is 10.4. The van der Waals surface area contributed by atoms with Crippen LogP contribution in [0.3, 0.4) is 0 Å². The summed E-state index contributed by atoms with van der Waals surface area (Å²) in [5, 5.41) is 6.25. The Balaban J connectivity index is 1.24. The number of nitrogen functional groups attached to an aromatic ring is 1. The number of fused-ring (bicyclic) bond motifs is 1. The van der Waals surface area contributed by atoms with Crippen molar-refractivity contribution in [1.29, 1.82) is 0 Å². The van der Waals surface area contributed by atoms with Crippen LogP contribution in [-0.4, -0.2) is 38.0 Å². The maximum absolute atomic E-state index is 12.8. The van der Waals surface area contributed by atoms with Gasteiger partial charge >= 0.3 is 0 Å². The minimum absolute atomic E-state index is 0.0969. The smallest absolute Gasteiger partial charge is 0.223 e. The van der Waals surface area contributed by atoms with E-state index in [0.717, 1.165) is 41.7 Å². The SMILES string of the molecule is Cc1nc(N)ccc1CNC(=O)[C@H](C)CC(=O)[C@H]1C[C@H](Cc2ccc3nsnc3c2)CN1. The summed E-state index contributed by atoms with van der Waals surface area (Å²) in [7, 11) is 0. The Hall–Kier alpha value is -2.91. The average molecular weight is 453 g/mol. The zero-order valence-electron chi connectivity index (χ0n) is 18.3. The summed E-state index contributed by atoms with van der Waals surface area (Å²) in [6.07, 6.45) is 1.91. The molecule has 1 aromatic carbocycles. The molecule has 8 nitrogen and oxygen atoms in total. The lowest BCUT2D eigenvalue weighted by Gasteiger charge is -2.15. The van der Waals surface area contributed by atoms with Crippen molar-refractivity contribution < 1.29 is 9.59 Å². The predicted molar refractivity (Wildman–Crippen MR) is 125 cm³/mol. The van der Waals surface area contributed by atoms with Crippen LogP contribution in [0.1, 0.15) is 36.6 Å². The number of amides is 1. The lowest BCUT2D eigenvalue weighted by atomic mass is 9.93. The normalized spacial score (nSPS) is 19.2. The van der Waals surface area contributed by atoms with Gasteiger partial charge in [0.25, 0.3) is 0 Å². The first kappa shape index (κ1) is 22.3. The largest absolute Gasteiger partial charge is 0.384 e. The van der Waals surface area contributed by atoms with Gasteiger partial charge in [-0.05, 0) is 61.6 Å². The number of nitrogens with two attached hydrogens (primary N) is 1. The molecule has 0 bridgehead atoms. The minimum atomic E-state index is -0.384. The van der Waals surface area contributed by atoms with Gasteiger partial charge in [0.15, 0.2) is 5.78 Å². The first-order valence-electron chi connectivity index (χ1n) is 10.9. The van der Waals surface area contributed by atoms with Crippen molar-refractivity contribution >= 4 is 40.3 Å². The van der Waals surface area contributed by atoms with E-state index >= 15 is 0 Å². The van der Waals surface area contributed by atoms with Gasteiger partial charge < -0.3 is 16.4 Å². The number of hydrogen-bond donors (Lipinski definition) is 3. The van der Waals surface area contributed by atoms with Gasteiger partial charge in [-0.15, -0.1) is 0 Å². The van der Waals surface area contributed by atoms with Crippen LogP contribution in [-0.2, 0) is 22.6 Å². The first-order chi connectivity index (χ1) is 15.4. The molecule has 0 radical (unpaired) electrons. The molecule has 2 aromatic heterocycles. The fourth-order valence-corrected chi connectivity index (χ4v) is 4.70. The second-order valence-corrected chi connectivity index (χ2v) is 9.15. The van der Waals surface area contributed by atoms with Crippen molar-refractivity contribution in [2.24, 2.45) is 11.8 Å². The van der Waals surface area contributed by atoms with Crippen LogP contribution in [0.25, 0.3) is 11.0 Å². The predicted octanol–water partition coefficient (Wildman–Crippen LogP) is 2.41. The van der Waals surface area contributed by atoms with Gasteiger partial charge in [-0.2, -0.15) is 8.75 Å². The topological polar surface area (TPSA) is 123 Å². The highest BCUT2D eigenvalue weighted by Crippen LogP contribution is 2.23. The number of rotatable bonds is 8. The van der Waals surface area contributed by atoms with E-state index in [9.17, 15) is 9.59 Å². The standard InChI is InChI=1S/C23H28N6O2S/c1-13(23(31)26-12-17-4-6-22(24)27-14(17)2)7-21(30)20-10-16(11-25-20)8-15-3-5-18-19(9-15)29-32-28-18/h3-6,9,13,16,20,25H,7-8,10-12H2,1-2H3,(H2,24,27)(H,26,31)/t13-,16+,20-/m1/s1. The maximum atomic E-state index is 12.8. The Bertz CT molecular complexity index is 1130. The van der Waals surface area contributed by atoms with E-state index in [1.165, 1.54) is 17.3 Å². The Morgan fingerprint density at radius 3 is 2.88 bits per heavy atom. The van der Waals surface area contributed by atoms with E-state index in [1.54, 1.807) is 13.0 Å². The van der Waals surface area contributed by atoms with Crippen LogP contribution < -0.4 is 16.4 Å². The zero-order valence-corrected chi connectivity index (χ0v) is 19.1. The highest BCUT2D eigenvalue weighted by molar-refractivity contribution is 7.00. The molecular weight excluding hydrogens is 424 g/mol. The molecule has 0 unspecified atom stereocenters. The monoisotopic (exact) mass is 452 g/mol. The Morgan fingerprint density at radius 1 is 1.25 bits per heavy atom. The van der Waals surface area contributed by atoms with Gasteiger partial charge in [-0.3, -0.25) is 9.59 Å². The van der Waals surface area contributed by atoms with Gasteiger partial charge in [0.05, 0.1) is 17.8 Å². The molecule has 9 heteroatoms. The maximum Gasteiger partial charge on any atom is 0.223 e. The lowest BCUT2D eigenvalue weighted by molar-refractivity contribution is -0.129. The van der Waals surface area contributed by atoms with Crippen molar-refractivity contribution in [2.75, 3.05) is 12.3 Å². The van der Waals surface area contributed by atoms with E-state index in [-0.39, 0.29) is 30.1 Å². The molecule has 1 saturated heterocycles. The zero-order chi connectivity index (χ0) is 22.7. The molecule has 1 fully saturated rings. The number of hydrogen-bond acceptors (Lipinski definition) is 8. The fourth-order valence-electron chi connectivity index (χ4n) is 4.19. The molecule has 1 aliphatic heterocycles. The second kappa shape index (κ2) is 9.70. The van der Waals surface area contributed by atoms with Gasteiger partial charge in [0, 0.05) is 24.6 Å². The van der Waals surface area contributed by atoms with Gasteiger partial charge in [-0.1, -0.05) is 19.1 Å². The summed E-state index contributed by atoms with van der Waals surface area (Å²) in [5.74, 6) is 0.427. The quantitative estimate of drug-likeness (QED) is 0.480. The Kier molecular flexibility index (Phi) is 6.76. The molecule has 3 atom stereocenters. The third-order valence-electron chi connectivity index (χ3n) is 6.08. The van der Waals surface area contributed by atoms with E-state index in [4.69, 9.17) is 5.73 Å². The van der Waals surface area contributed by atoms with Gasteiger partial charge in [0.2, 0.25) is 5.91 Å². The summed E-state index contributed by atoms with van der Waals surface area (Å²) < 4.78 is 8.54. The summed E-state index contributed by atoms with van der Waals surface area (Å²) in [4.78, 5) is 29.5. The molecule has 32 heavy (non-hydrogen) atoms. The lowest BCUT2D eigenvalue weighted by Crippen LogP contribution is -2.35. The van der Waals surface area contributed by atoms with Crippen LogP contribution in [0.5, 0.6) is 0 Å². The van der Waals surface area contributed by atoms with E-state index in [0.29, 0.717) is 18.3 Å². The number of aryl methyl sites for hydroxylation is 1. The molecule has 0 aliphatic carbocycles. The highest BCUT2D eigenvalue weighted by Gasteiger charge is 2.31. The van der Waals surface area contributed by atoms with Crippen LogP contribution in [0, 0.1) is 18.8 Å². The van der Waals surface area contributed by atoms with E-state index in [1.807, 2.05) is 19.1 Å².